The average Bonchev–Trinajstić information content (AvgIpc) is 3.13. The first-order valence-electron chi connectivity index (χ1n) is 7.31. The van der Waals surface area contributed by atoms with Gasteiger partial charge in [0.05, 0.1) is 0 Å². The smallest absolute Gasteiger partial charge is 0.283 e. The maximum Gasteiger partial charge on any atom is 0.283 e. The van der Waals surface area contributed by atoms with Gasteiger partial charge in [0, 0.05) is 13.1 Å². The SMILES string of the molecule is O=C(/C(Br)=N/Nc1nn[nH]n1)N1CCC(c2ccccc2)CC1. The number of carbonyl (C=O) groups excluding carboxylic acids is 1. The van der Waals surface area contributed by atoms with Crippen molar-refractivity contribution in [2.24, 2.45) is 5.10 Å². The Balaban J connectivity index is 1.54. The second kappa shape index (κ2) is 7.32. The van der Waals surface area contributed by atoms with Gasteiger partial charge in [-0.1, -0.05) is 35.4 Å². The molecule has 2 heterocycles. The Morgan fingerprint density at radius 2 is 2.04 bits per heavy atom. The van der Waals surface area contributed by atoms with Crippen LogP contribution in [0.1, 0.15) is 24.3 Å². The van der Waals surface area contributed by atoms with Crippen molar-refractivity contribution >= 4 is 32.4 Å². The highest BCUT2D eigenvalue weighted by atomic mass is 79.9. The summed E-state index contributed by atoms with van der Waals surface area (Å²) < 4.78 is 0.195. The molecule has 9 heteroatoms. The number of hydrogen-bond acceptors (Lipinski definition) is 6. The zero-order valence-electron chi connectivity index (χ0n) is 12.3. The van der Waals surface area contributed by atoms with Crippen molar-refractivity contribution in [2.75, 3.05) is 18.5 Å². The lowest BCUT2D eigenvalue weighted by Gasteiger charge is -2.31. The van der Waals surface area contributed by atoms with Crippen LogP contribution in [0, 0.1) is 0 Å². The summed E-state index contributed by atoms with van der Waals surface area (Å²) in [6, 6.07) is 10.4. The van der Waals surface area contributed by atoms with Gasteiger partial charge in [0.2, 0.25) is 0 Å². The maximum atomic E-state index is 12.3. The number of hydrazone groups is 1. The lowest BCUT2D eigenvalue weighted by molar-refractivity contribution is -0.124. The van der Waals surface area contributed by atoms with Crippen molar-refractivity contribution < 1.29 is 4.79 Å². The molecule has 1 amide bonds. The average molecular weight is 378 g/mol. The van der Waals surface area contributed by atoms with Crippen LogP contribution in [0.15, 0.2) is 35.4 Å². The van der Waals surface area contributed by atoms with E-state index >= 15 is 0 Å². The summed E-state index contributed by atoms with van der Waals surface area (Å²) in [5.74, 6) is 0.568. The van der Waals surface area contributed by atoms with E-state index in [9.17, 15) is 4.79 Å². The predicted octanol–water partition coefficient (Wildman–Crippen LogP) is 1.73. The van der Waals surface area contributed by atoms with Crippen LogP contribution < -0.4 is 5.43 Å². The van der Waals surface area contributed by atoms with Crippen LogP contribution in [0.3, 0.4) is 0 Å². The van der Waals surface area contributed by atoms with E-state index in [0.717, 1.165) is 12.8 Å². The topological polar surface area (TPSA) is 99.2 Å². The number of nitrogens with one attached hydrogen (secondary N) is 2. The Bertz CT molecular complexity index is 666. The van der Waals surface area contributed by atoms with E-state index in [0.29, 0.717) is 19.0 Å². The molecule has 0 saturated carbocycles. The number of tetrazole rings is 1. The summed E-state index contributed by atoms with van der Waals surface area (Å²) >= 11 is 3.19. The van der Waals surface area contributed by atoms with Gasteiger partial charge in [0.1, 0.15) is 0 Å². The Kier molecular flexibility index (Phi) is 4.96. The van der Waals surface area contributed by atoms with E-state index in [1.807, 2.05) is 6.07 Å². The molecule has 0 bridgehead atoms. The van der Waals surface area contributed by atoms with Crippen molar-refractivity contribution in [2.45, 2.75) is 18.8 Å². The first kappa shape index (κ1) is 15.6. The van der Waals surface area contributed by atoms with Crippen LogP contribution in [-0.2, 0) is 4.79 Å². The maximum absolute atomic E-state index is 12.3. The molecule has 3 rings (SSSR count). The minimum absolute atomic E-state index is 0.146. The fourth-order valence-corrected chi connectivity index (χ4v) is 2.97. The minimum atomic E-state index is -0.146. The number of carbonyl (C=O) groups is 1. The minimum Gasteiger partial charge on any atom is -0.337 e. The van der Waals surface area contributed by atoms with Gasteiger partial charge in [-0.25, -0.2) is 5.43 Å². The van der Waals surface area contributed by atoms with E-state index in [4.69, 9.17) is 0 Å². The molecule has 0 unspecified atom stereocenters. The van der Waals surface area contributed by atoms with Gasteiger partial charge >= 0.3 is 0 Å². The molecule has 1 fully saturated rings. The van der Waals surface area contributed by atoms with Crippen molar-refractivity contribution in [1.82, 2.24) is 25.5 Å². The van der Waals surface area contributed by atoms with E-state index in [-0.39, 0.29) is 16.5 Å². The van der Waals surface area contributed by atoms with Crippen molar-refractivity contribution in [3.05, 3.63) is 35.9 Å². The number of aromatic nitrogens is 4. The molecule has 2 N–H and O–H groups in total. The second-order valence-corrected chi connectivity index (χ2v) is 5.98. The molecule has 2 aromatic rings. The van der Waals surface area contributed by atoms with E-state index < -0.39 is 0 Å². The molecule has 1 aromatic heterocycles. The number of halogens is 1. The van der Waals surface area contributed by atoms with Crippen molar-refractivity contribution in [1.29, 1.82) is 0 Å². The molecule has 120 valence electrons. The van der Waals surface area contributed by atoms with Gasteiger partial charge in [-0.05, 0) is 45.5 Å². The van der Waals surface area contributed by atoms with Gasteiger partial charge < -0.3 is 4.90 Å². The summed E-state index contributed by atoms with van der Waals surface area (Å²) in [4.78, 5) is 14.1. The number of hydrogen-bond donors (Lipinski definition) is 2. The molecule has 8 nitrogen and oxygen atoms in total. The highest BCUT2D eigenvalue weighted by Gasteiger charge is 2.25. The third-order valence-electron chi connectivity index (χ3n) is 3.83. The lowest BCUT2D eigenvalue weighted by atomic mass is 9.89. The molecule has 0 aliphatic carbocycles. The molecule has 23 heavy (non-hydrogen) atoms. The largest absolute Gasteiger partial charge is 0.337 e. The monoisotopic (exact) mass is 377 g/mol. The number of rotatable bonds is 4. The Hall–Kier alpha value is -2.29. The van der Waals surface area contributed by atoms with Gasteiger partial charge in [0.15, 0.2) is 4.62 Å². The number of anilines is 1. The number of aromatic amines is 1. The molecule has 1 aliphatic heterocycles. The first-order valence-corrected chi connectivity index (χ1v) is 8.10. The number of likely N-dealkylation sites (tertiary alicyclic amines) is 1. The standard InChI is InChI=1S/C14H16BrN7O/c15-12(16-17-14-18-20-21-19-14)13(23)22-8-6-11(7-9-22)10-4-2-1-3-5-10/h1-5,11H,6-9H2,(H2,17,18,19,20,21)/b16-12-. The quantitative estimate of drug-likeness (QED) is 0.624. The van der Waals surface area contributed by atoms with E-state index in [1.54, 1.807) is 4.90 Å². The highest BCUT2D eigenvalue weighted by Crippen LogP contribution is 2.27. The zero-order valence-corrected chi connectivity index (χ0v) is 13.9. The fraction of sp³-hybridized carbons (Fsp3) is 0.357. The number of H-pyrrole nitrogens is 1. The summed E-state index contributed by atoms with van der Waals surface area (Å²) in [5, 5.41) is 17.0. The summed E-state index contributed by atoms with van der Waals surface area (Å²) in [5.41, 5.74) is 3.90. The van der Waals surface area contributed by atoms with Crippen molar-refractivity contribution in [3.63, 3.8) is 0 Å². The normalized spacial score (nSPS) is 16.4. The van der Waals surface area contributed by atoms with Gasteiger partial charge in [0.25, 0.3) is 11.9 Å². The fourth-order valence-electron chi connectivity index (χ4n) is 2.63. The van der Waals surface area contributed by atoms with Gasteiger partial charge in [-0.15, -0.1) is 5.10 Å². The van der Waals surface area contributed by atoms with Crippen LogP contribution in [-0.4, -0.2) is 49.1 Å². The van der Waals surface area contributed by atoms with Crippen LogP contribution >= 0.6 is 15.9 Å². The molecule has 1 saturated heterocycles. The Labute approximate surface area is 141 Å². The molecule has 0 atom stereocenters. The number of benzene rings is 1. The second-order valence-electron chi connectivity index (χ2n) is 5.23. The van der Waals surface area contributed by atoms with E-state index in [2.05, 4.69) is 71.3 Å². The van der Waals surface area contributed by atoms with Gasteiger partial charge in [-0.2, -0.15) is 10.3 Å². The molecule has 1 aliphatic rings. The molecule has 0 radical (unpaired) electrons. The zero-order chi connectivity index (χ0) is 16.1. The molecule has 1 aromatic carbocycles. The van der Waals surface area contributed by atoms with Gasteiger partial charge in [-0.3, -0.25) is 4.79 Å². The summed E-state index contributed by atoms with van der Waals surface area (Å²) in [6.45, 7) is 1.43. The van der Waals surface area contributed by atoms with Crippen LogP contribution in [0.25, 0.3) is 0 Å². The third-order valence-corrected chi connectivity index (χ3v) is 4.35. The van der Waals surface area contributed by atoms with Crippen molar-refractivity contribution in [3.8, 4) is 0 Å². The molecular formula is C14H16BrN7O. The Morgan fingerprint density at radius 3 is 2.70 bits per heavy atom. The lowest BCUT2D eigenvalue weighted by Crippen LogP contribution is -2.40. The van der Waals surface area contributed by atoms with E-state index in [1.165, 1.54) is 5.56 Å². The predicted molar refractivity (Wildman–Crippen MR) is 89.2 cm³/mol. The number of amides is 1. The summed E-state index contributed by atoms with van der Waals surface area (Å²) in [6.07, 6.45) is 1.91. The third kappa shape index (κ3) is 3.92. The molecular weight excluding hydrogens is 362 g/mol. The van der Waals surface area contributed by atoms with Crippen LogP contribution in [0.4, 0.5) is 5.95 Å². The number of nitrogens with zero attached hydrogens (tertiary/aromatic N) is 5. The first-order chi connectivity index (χ1) is 11.2. The Morgan fingerprint density at radius 1 is 1.30 bits per heavy atom. The summed E-state index contributed by atoms with van der Waals surface area (Å²) in [7, 11) is 0. The molecule has 0 spiro atoms. The van der Waals surface area contributed by atoms with Crippen LogP contribution in [0.2, 0.25) is 0 Å². The highest BCUT2D eigenvalue weighted by molar-refractivity contribution is 9.19. The van der Waals surface area contributed by atoms with Crippen LogP contribution in [0.5, 0.6) is 0 Å². The number of piperidine rings is 1.